The fourth-order valence-corrected chi connectivity index (χ4v) is 4.50. The van der Waals surface area contributed by atoms with Crippen LogP contribution in [-0.4, -0.2) is 33.4 Å². The molecule has 2 N–H and O–H groups in total. The van der Waals surface area contributed by atoms with Gasteiger partial charge in [-0.15, -0.1) is 0 Å². The van der Waals surface area contributed by atoms with E-state index in [2.05, 4.69) is 41.8 Å². The van der Waals surface area contributed by atoms with E-state index in [9.17, 15) is 4.79 Å². The number of nitrogens with two attached hydrogens (primary N) is 1. The van der Waals surface area contributed by atoms with Crippen LogP contribution in [0.25, 0.3) is 16.7 Å². The van der Waals surface area contributed by atoms with E-state index in [4.69, 9.17) is 10.7 Å². The van der Waals surface area contributed by atoms with Gasteiger partial charge in [-0.1, -0.05) is 60.2 Å². The molecule has 0 atom stereocenters. The van der Waals surface area contributed by atoms with E-state index in [1.165, 1.54) is 5.56 Å². The largest absolute Gasteiger partial charge is 0.330 e. The van der Waals surface area contributed by atoms with Crippen LogP contribution in [0, 0.1) is 13.8 Å². The molecule has 0 saturated heterocycles. The van der Waals surface area contributed by atoms with Gasteiger partial charge in [-0.2, -0.15) is 0 Å². The Labute approximate surface area is 207 Å². The van der Waals surface area contributed by atoms with E-state index in [-0.39, 0.29) is 5.91 Å². The van der Waals surface area contributed by atoms with Crippen LogP contribution >= 0.6 is 0 Å². The maximum absolute atomic E-state index is 13.8. The van der Waals surface area contributed by atoms with Crippen molar-refractivity contribution in [2.75, 3.05) is 13.1 Å². The first-order valence-corrected chi connectivity index (χ1v) is 12.2. The molecule has 0 aliphatic rings. The highest BCUT2D eigenvalue weighted by molar-refractivity contribution is 6.00. The van der Waals surface area contributed by atoms with Crippen molar-refractivity contribution in [1.29, 1.82) is 0 Å². The van der Waals surface area contributed by atoms with E-state index >= 15 is 0 Å². The third-order valence-corrected chi connectivity index (χ3v) is 6.24. The smallest absolute Gasteiger partial charge is 0.258 e. The first kappa shape index (κ1) is 24.4. The van der Waals surface area contributed by atoms with Crippen LogP contribution in [0.5, 0.6) is 0 Å². The van der Waals surface area contributed by atoms with Crippen LogP contribution in [0.4, 0.5) is 0 Å². The van der Waals surface area contributed by atoms with Crippen molar-refractivity contribution in [1.82, 2.24) is 14.5 Å². The highest BCUT2D eigenvalue weighted by Crippen LogP contribution is 2.30. The lowest BCUT2D eigenvalue weighted by molar-refractivity contribution is 0.0833. The molecule has 4 rings (SSSR count). The minimum absolute atomic E-state index is 0.0373. The molecule has 5 nitrogen and oxygen atoms in total. The summed E-state index contributed by atoms with van der Waals surface area (Å²) in [6.45, 7) is 9.93. The van der Waals surface area contributed by atoms with Crippen molar-refractivity contribution < 1.29 is 4.79 Å². The highest BCUT2D eigenvalue weighted by Gasteiger charge is 2.26. The molecule has 35 heavy (non-hydrogen) atoms. The molecule has 1 heterocycles. The molecule has 0 aliphatic carbocycles. The number of aryl methyl sites for hydroxylation is 2. The standard InChI is InChI=1S/C30H34N4O/c1-21(2)27(33(19-9-18-31)30(35)25-16-14-22(3)15-17-25)29-32-26-13-8-10-23(4)28(26)34(29)20-24-11-6-5-7-12-24/h5-8,10-17H,9,18-20,31H2,1-4H3. The number of fused-ring (bicyclic) bond motifs is 1. The summed E-state index contributed by atoms with van der Waals surface area (Å²) in [6.07, 6.45) is 0.701. The number of allylic oxidation sites excluding steroid dienone is 1. The van der Waals surface area contributed by atoms with Crippen LogP contribution in [0.1, 0.15) is 53.1 Å². The van der Waals surface area contributed by atoms with E-state index < -0.39 is 0 Å². The molecule has 3 aromatic carbocycles. The zero-order chi connectivity index (χ0) is 24.9. The van der Waals surface area contributed by atoms with Crippen molar-refractivity contribution in [3.8, 4) is 0 Å². The van der Waals surface area contributed by atoms with Gasteiger partial charge in [0.15, 0.2) is 5.82 Å². The Morgan fingerprint density at radius 2 is 1.66 bits per heavy atom. The van der Waals surface area contributed by atoms with Gasteiger partial charge in [0.1, 0.15) is 0 Å². The molecule has 4 aromatic rings. The Balaban J connectivity index is 1.90. The number of carbonyl (C=O) groups excluding carboxylic acids is 1. The third kappa shape index (κ3) is 5.20. The van der Waals surface area contributed by atoms with Crippen molar-refractivity contribution in [3.05, 3.63) is 106 Å². The molecule has 1 amide bonds. The van der Waals surface area contributed by atoms with Crippen LogP contribution in [-0.2, 0) is 6.54 Å². The zero-order valence-corrected chi connectivity index (χ0v) is 21.1. The lowest BCUT2D eigenvalue weighted by Crippen LogP contribution is -2.33. The number of carbonyl (C=O) groups is 1. The summed E-state index contributed by atoms with van der Waals surface area (Å²) >= 11 is 0. The summed E-state index contributed by atoms with van der Waals surface area (Å²) in [5.74, 6) is 0.764. The van der Waals surface area contributed by atoms with E-state index in [1.807, 2.05) is 68.1 Å². The third-order valence-electron chi connectivity index (χ3n) is 6.24. The van der Waals surface area contributed by atoms with Crippen LogP contribution < -0.4 is 5.73 Å². The van der Waals surface area contributed by atoms with Crippen LogP contribution in [0.2, 0.25) is 0 Å². The Bertz CT molecular complexity index is 1350. The van der Waals surface area contributed by atoms with Crippen molar-refractivity contribution in [2.24, 2.45) is 5.73 Å². The number of amides is 1. The van der Waals surface area contributed by atoms with E-state index in [0.717, 1.165) is 39.3 Å². The molecular weight excluding hydrogens is 432 g/mol. The van der Waals surface area contributed by atoms with E-state index in [0.29, 0.717) is 31.6 Å². The van der Waals surface area contributed by atoms with Gasteiger partial charge in [0.05, 0.1) is 16.7 Å². The number of benzene rings is 3. The number of rotatable bonds is 8. The predicted molar refractivity (Wildman–Crippen MR) is 144 cm³/mol. The summed E-state index contributed by atoms with van der Waals surface area (Å²) in [4.78, 5) is 20.8. The molecule has 0 aliphatic heterocycles. The average molecular weight is 467 g/mol. The molecule has 0 radical (unpaired) electrons. The van der Waals surface area contributed by atoms with Crippen molar-refractivity contribution in [3.63, 3.8) is 0 Å². The SMILES string of the molecule is CC(C)=C(c1nc2cccc(C)c2n1Cc1ccccc1)N(CCCN)C(=O)c1ccc(C)cc1. The number of nitrogens with zero attached hydrogens (tertiary/aromatic N) is 3. The van der Waals surface area contributed by atoms with Crippen LogP contribution in [0.15, 0.2) is 78.4 Å². The monoisotopic (exact) mass is 466 g/mol. The second kappa shape index (κ2) is 10.7. The summed E-state index contributed by atoms with van der Waals surface area (Å²) in [6, 6.07) is 24.3. The predicted octanol–water partition coefficient (Wildman–Crippen LogP) is 5.94. The molecule has 0 saturated carbocycles. The minimum Gasteiger partial charge on any atom is -0.330 e. The molecule has 0 bridgehead atoms. The summed E-state index contributed by atoms with van der Waals surface area (Å²) < 4.78 is 2.25. The summed E-state index contributed by atoms with van der Waals surface area (Å²) in [7, 11) is 0. The number of hydrogen-bond donors (Lipinski definition) is 1. The number of hydrogen-bond acceptors (Lipinski definition) is 3. The van der Waals surface area contributed by atoms with Crippen molar-refractivity contribution in [2.45, 2.75) is 40.7 Å². The molecule has 1 aromatic heterocycles. The molecule has 0 spiro atoms. The Morgan fingerprint density at radius 1 is 0.943 bits per heavy atom. The lowest BCUT2D eigenvalue weighted by atomic mass is 10.1. The number of para-hydroxylation sites is 1. The van der Waals surface area contributed by atoms with Gasteiger partial charge in [-0.3, -0.25) is 4.79 Å². The molecule has 5 heteroatoms. The molecular formula is C30H34N4O. The normalized spacial score (nSPS) is 11.0. The van der Waals surface area contributed by atoms with Gasteiger partial charge >= 0.3 is 0 Å². The minimum atomic E-state index is -0.0373. The van der Waals surface area contributed by atoms with Gasteiger partial charge in [0.2, 0.25) is 0 Å². The van der Waals surface area contributed by atoms with Gasteiger partial charge < -0.3 is 15.2 Å². The lowest BCUT2D eigenvalue weighted by Gasteiger charge is -2.27. The maximum Gasteiger partial charge on any atom is 0.258 e. The quantitative estimate of drug-likeness (QED) is 0.349. The fraction of sp³-hybridized carbons (Fsp3) is 0.267. The maximum atomic E-state index is 13.8. The second-order valence-electron chi connectivity index (χ2n) is 9.26. The average Bonchev–Trinajstić information content (AvgIpc) is 3.21. The van der Waals surface area contributed by atoms with Crippen molar-refractivity contribution >= 4 is 22.6 Å². The zero-order valence-electron chi connectivity index (χ0n) is 21.1. The summed E-state index contributed by atoms with van der Waals surface area (Å²) in [5.41, 5.74) is 13.9. The van der Waals surface area contributed by atoms with Crippen LogP contribution in [0.3, 0.4) is 0 Å². The Hall–Kier alpha value is -3.70. The highest BCUT2D eigenvalue weighted by atomic mass is 16.2. The number of aromatic nitrogens is 2. The van der Waals surface area contributed by atoms with Gasteiger partial charge in [0, 0.05) is 18.7 Å². The second-order valence-corrected chi connectivity index (χ2v) is 9.26. The van der Waals surface area contributed by atoms with Gasteiger partial charge in [-0.25, -0.2) is 4.98 Å². The van der Waals surface area contributed by atoms with Gasteiger partial charge in [0.25, 0.3) is 5.91 Å². The number of imidazole rings is 1. The summed E-state index contributed by atoms with van der Waals surface area (Å²) in [5, 5.41) is 0. The van der Waals surface area contributed by atoms with Gasteiger partial charge in [-0.05, 0) is 75.6 Å². The first-order valence-electron chi connectivity index (χ1n) is 12.2. The molecule has 0 unspecified atom stereocenters. The molecule has 0 fully saturated rings. The Kier molecular flexibility index (Phi) is 7.47. The molecule has 180 valence electrons. The van der Waals surface area contributed by atoms with E-state index in [1.54, 1.807) is 0 Å². The first-order chi connectivity index (χ1) is 16.9. The Morgan fingerprint density at radius 3 is 2.31 bits per heavy atom. The fourth-order valence-electron chi connectivity index (χ4n) is 4.50. The topological polar surface area (TPSA) is 64.2 Å².